The van der Waals surface area contributed by atoms with Gasteiger partial charge in [0.1, 0.15) is 5.60 Å². The molecule has 0 aromatic carbocycles. The second-order valence-corrected chi connectivity index (χ2v) is 5.88. The summed E-state index contributed by atoms with van der Waals surface area (Å²) in [6, 6.07) is 0. The second-order valence-electron chi connectivity index (χ2n) is 5.88. The molecule has 0 fully saturated rings. The van der Waals surface area contributed by atoms with Gasteiger partial charge in [-0.15, -0.1) is 0 Å². The summed E-state index contributed by atoms with van der Waals surface area (Å²) in [6.07, 6.45) is 15.2. The molecular formula is C19H28O4. The van der Waals surface area contributed by atoms with E-state index in [4.69, 9.17) is 0 Å². The first-order chi connectivity index (χ1) is 11.0. The topological polar surface area (TPSA) is 63.6 Å². The highest BCUT2D eigenvalue weighted by Crippen LogP contribution is 2.31. The van der Waals surface area contributed by atoms with E-state index >= 15 is 0 Å². The lowest BCUT2D eigenvalue weighted by Crippen LogP contribution is -2.27. The largest absolute Gasteiger partial charge is 0.469 e. The van der Waals surface area contributed by atoms with Crippen LogP contribution in [0.2, 0.25) is 0 Å². The molecule has 0 aromatic heterocycles. The minimum absolute atomic E-state index is 0.105. The van der Waals surface area contributed by atoms with Crippen LogP contribution in [0.5, 0.6) is 0 Å². The van der Waals surface area contributed by atoms with Gasteiger partial charge in [-0.1, -0.05) is 44.4 Å². The summed E-state index contributed by atoms with van der Waals surface area (Å²) in [7, 11) is 1.40. The number of unbranched alkanes of at least 4 members (excludes halogenated alkanes) is 4. The molecule has 0 radical (unpaired) electrons. The molecule has 0 saturated carbocycles. The van der Waals surface area contributed by atoms with Gasteiger partial charge in [-0.3, -0.25) is 9.59 Å². The van der Waals surface area contributed by atoms with Crippen LogP contribution in [-0.2, 0) is 14.3 Å². The van der Waals surface area contributed by atoms with Crippen molar-refractivity contribution in [2.24, 2.45) is 0 Å². The third-order valence-electron chi connectivity index (χ3n) is 4.04. The number of ketones is 1. The monoisotopic (exact) mass is 320 g/mol. The van der Waals surface area contributed by atoms with Crippen LogP contribution >= 0.6 is 0 Å². The number of allylic oxidation sites excluding steroid dienone is 4. The molecular weight excluding hydrogens is 292 g/mol. The Morgan fingerprint density at radius 3 is 2.65 bits per heavy atom. The van der Waals surface area contributed by atoms with E-state index < -0.39 is 5.60 Å². The average molecular weight is 320 g/mol. The normalized spacial score (nSPS) is 22.4. The molecule has 0 bridgehead atoms. The first-order valence-corrected chi connectivity index (χ1v) is 8.43. The third-order valence-corrected chi connectivity index (χ3v) is 4.04. The van der Waals surface area contributed by atoms with E-state index in [1.807, 2.05) is 19.1 Å². The van der Waals surface area contributed by atoms with Crippen molar-refractivity contribution in [1.82, 2.24) is 0 Å². The lowest BCUT2D eigenvalue weighted by molar-refractivity contribution is -0.140. The van der Waals surface area contributed by atoms with Gasteiger partial charge in [0.15, 0.2) is 5.78 Å². The quantitative estimate of drug-likeness (QED) is 0.379. The van der Waals surface area contributed by atoms with Crippen molar-refractivity contribution in [3.05, 3.63) is 36.0 Å². The molecule has 0 amide bonds. The molecule has 4 heteroatoms. The molecule has 1 aliphatic carbocycles. The first kappa shape index (κ1) is 19.4. The minimum atomic E-state index is -1.12. The fourth-order valence-corrected chi connectivity index (χ4v) is 2.65. The smallest absolute Gasteiger partial charge is 0.305 e. The number of rotatable bonds is 10. The Hall–Kier alpha value is -1.68. The standard InChI is InChI=1S/C19H28O4/c1-3-4-8-11-16-17(20)13-15-19(16,22)14-10-7-5-6-9-12-18(21)23-2/h4,8,11,13,15,22H,3,5-7,9-10,12,14H2,1-2H3. The highest BCUT2D eigenvalue weighted by Gasteiger charge is 2.36. The summed E-state index contributed by atoms with van der Waals surface area (Å²) in [4.78, 5) is 22.8. The number of esters is 1. The Balaban J connectivity index is 2.33. The van der Waals surface area contributed by atoms with Gasteiger partial charge in [-0.05, 0) is 37.8 Å². The average Bonchev–Trinajstić information content (AvgIpc) is 2.82. The lowest BCUT2D eigenvalue weighted by atomic mass is 9.90. The summed E-state index contributed by atoms with van der Waals surface area (Å²) in [5, 5.41) is 10.7. The van der Waals surface area contributed by atoms with Crippen LogP contribution in [0.25, 0.3) is 0 Å². The van der Waals surface area contributed by atoms with E-state index in [9.17, 15) is 14.7 Å². The van der Waals surface area contributed by atoms with Gasteiger partial charge in [0, 0.05) is 12.0 Å². The Kier molecular flexibility index (Phi) is 8.56. The van der Waals surface area contributed by atoms with Gasteiger partial charge < -0.3 is 9.84 Å². The van der Waals surface area contributed by atoms with Gasteiger partial charge in [0.05, 0.1) is 7.11 Å². The molecule has 1 atom stereocenters. The Morgan fingerprint density at radius 1 is 1.26 bits per heavy atom. The van der Waals surface area contributed by atoms with E-state index in [-0.39, 0.29) is 11.8 Å². The molecule has 0 aliphatic heterocycles. The van der Waals surface area contributed by atoms with Crippen LogP contribution in [0, 0.1) is 0 Å². The fourth-order valence-electron chi connectivity index (χ4n) is 2.65. The number of carbonyl (C=O) groups is 2. The van der Waals surface area contributed by atoms with Crippen molar-refractivity contribution >= 4 is 11.8 Å². The number of hydrogen-bond donors (Lipinski definition) is 1. The van der Waals surface area contributed by atoms with E-state index in [0.717, 1.165) is 38.5 Å². The van der Waals surface area contributed by atoms with Gasteiger partial charge >= 0.3 is 5.97 Å². The molecule has 1 aliphatic rings. The zero-order valence-electron chi connectivity index (χ0n) is 14.2. The maximum atomic E-state index is 11.9. The number of aliphatic hydroxyl groups is 1. The number of methoxy groups -OCH3 is 1. The van der Waals surface area contributed by atoms with Crippen molar-refractivity contribution in [2.75, 3.05) is 7.11 Å². The first-order valence-electron chi connectivity index (χ1n) is 8.43. The summed E-state index contributed by atoms with van der Waals surface area (Å²) in [5.74, 6) is -0.268. The molecule has 1 rings (SSSR count). The predicted molar refractivity (Wildman–Crippen MR) is 90.9 cm³/mol. The maximum absolute atomic E-state index is 11.9. The van der Waals surface area contributed by atoms with Crippen molar-refractivity contribution < 1.29 is 19.4 Å². The molecule has 0 heterocycles. The predicted octanol–water partition coefficient (Wildman–Crippen LogP) is 3.65. The molecule has 0 spiro atoms. The Labute approximate surface area is 138 Å². The van der Waals surface area contributed by atoms with Crippen LogP contribution in [0.3, 0.4) is 0 Å². The van der Waals surface area contributed by atoms with Crippen LogP contribution in [0.1, 0.15) is 58.3 Å². The number of ether oxygens (including phenoxy) is 1. The summed E-state index contributed by atoms with van der Waals surface area (Å²) < 4.78 is 4.60. The highest BCUT2D eigenvalue weighted by molar-refractivity contribution is 6.09. The maximum Gasteiger partial charge on any atom is 0.305 e. The van der Waals surface area contributed by atoms with Crippen LogP contribution in [0.4, 0.5) is 0 Å². The van der Waals surface area contributed by atoms with Crippen LogP contribution in [0.15, 0.2) is 36.0 Å². The SMILES string of the molecule is CCC=CC=C1C(=O)C=CC1(O)CCCCCCCC(=O)OC. The van der Waals surface area contributed by atoms with E-state index in [1.54, 1.807) is 12.2 Å². The third kappa shape index (κ3) is 6.53. The van der Waals surface area contributed by atoms with E-state index in [0.29, 0.717) is 18.4 Å². The summed E-state index contributed by atoms with van der Waals surface area (Å²) in [5.41, 5.74) is -0.658. The van der Waals surface area contributed by atoms with E-state index in [1.165, 1.54) is 13.2 Å². The van der Waals surface area contributed by atoms with E-state index in [2.05, 4.69) is 4.74 Å². The van der Waals surface area contributed by atoms with Crippen molar-refractivity contribution in [1.29, 1.82) is 0 Å². The minimum Gasteiger partial charge on any atom is -0.469 e. The van der Waals surface area contributed by atoms with Crippen molar-refractivity contribution in [3.63, 3.8) is 0 Å². The van der Waals surface area contributed by atoms with Crippen molar-refractivity contribution in [2.45, 2.75) is 63.9 Å². The van der Waals surface area contributed by atoms with Gasteiger partial charge in [-0.2, -0.15) is 0 Å². The fraction of sp³-hybridized carbons (Fsp3) is 0.579. The van der Waals surface area contributed by atoms with Crippen LogP contribution < -0.4 is 0 Å². The molecule has 128 valence electrons. The van der Waals surface area contributed by atoms with Gasteiger partial charge in [0.2, 0.25) is 0 Å². The summed E-state index contributed by atoms with van der Waals surface area (Å²) >= 11 is 0. The molecule has 1 unspecified atom stereocenters. The molecule has 23 heavy (non-hydrogen) atoms. The molecule has 1 N–H and O–H groups in total. The molecule has 0 saturated heterocycles. The number of carbonyl (C=O) groups excluding carboxylic acids is 2. The Bertz CT molecular complexity index is 488. The lowest BCUT2D eigenvalue weighted by Gasteiger charge is -2.22. The highest BCUT2D eigenvalue weighted by atomic mass is 16.5. The second kappa shape index (κ2) is 10.2. The van der Waals surface area contributed by atoms with Gasteiger partial charge in [0.25, 0.3) is 0 Å². The van der Waals surface area contributed by atoms with Crippen molar-refractivity contribution in [3.8, 4) is 0 Å². The van der Waals surface area contributed by atoms with Crippen LogP contribution in [-0.4, -0.2) is 29.6 Å². The Morgan fingerprint density at radius 2 is 1.96 bits per heavy atom. The van der Waals surface area contributed by atoms with Gasteiger partial charge in [-0.25, -0.2) is 0 Å². The zero-order valence-corrected chi connectivity index (χ0v) is 14.2. The molecule has 0 aromatic rings. The molecule has 4 nitrogen and oxygen atoms in total. The zero-order chi connectivity index (χ0) is 17.1. The number of hydrogen-bond acceptors (Lipinski definition) is 4. The summed E-state index contributed by atoms with van der Waals surface area (Å²) in [6.45, 7) is 2.02.